The first-order valence-corrected chi connectivity index (χ1v) is 8.84. The molecule has 0 N–H and O–H groups in total. The number of likely N-dealkylation sites (tertiary alicyclic amines) is 1. The highest BCUT2D eigenvalue weighted by molar-refractivity contribution is 14.1. The van der Waals surface area contributed by atoms with E-state index >= 15 is 0 Å². The molecule has 1 saturated heterocycles. The first-order valence-electron chi connectivity index (χ1n) is 6.97. The zero-order valence-electron chi connectivity index (χ0n) is 11.4. The van der Waals surface area contributed by atoms with E-state index in [-0.39, 0.29) is 11.9 Å². The molecule has 1 atom stereocenters. The molecule has 1 unspecified atom stereocenters. The predicted molar refractivity (Wildman–Crippen MR) is 96.3 cm³/mol. The van der Waals surface area contributed by atoms with Crippen molar-refractivity contribution < 1.29 is 4.79 Å². The van der Waals surface area contributed by atoms with Gasteiger partial charge in [-0.05, 0) is 77.4 Å². The second-order valence-corrected chi connectivity index (χ2v) is 7.38. The summed E-state index contributed by atoms with van der Waals surface area (Å²) in [6.07, 6.45) is 2.10. The monoisotopic (exact) mass is 455 g/mol. The van der Waals surface area contributed by atoms with Crippen molar-refractivity contribution in [2.24, 2.45) is 0 Å². The highest BCUT2D eigenvalue weighted by Crippen LogP contribution is 2.34. The molecule has 2 aromatic rings. The number of hydrogen-bond acceptors (Lipinski definition) is 1. The summed E-state index contributed by atoms with van der Waals surface area (Å²) in [5, 5.41) is 0. The van der Waals surface area contributed by atoms with Crippen LogP contribution < -0.4 is 0 Å². The van der Waals surface area contributed by atoms with Crippen LogP contribution in [0.5, 0.6) is 0 Å². The van der Waals surface area contributed by atoms with E-state index in [4.69, 9.17) is 0 Å². The van der Waals surface area contributed by atoms with Crippen LogP contribution in [0.4, 0.5) is 0 Å². The third-order valence-corrected chi connectivity index (χ3v) is 5.05. The molecule has 2 aromatic carbocycles. The fourth-order valence-corrected chi connectivity index (χ4v) is 3.61. The fourth-order valence-electron chi connectivity index (χ4n) is 2.83. The van der Waals surface area contributed by atoms with Gasteiger partial charge in [-0.15, -0.1) is 0 Å². The van der Waals surface area contributed by atoms with Crippen molar-refractivity contribution in [3.8, 4) is 0 Å². The summed E-state index contributed by atoms with van der Waals surface area (Å²) < 4.78 is 2.21. The Morgan fingerprint density at radius 2 is 1.95 bits per heavy atom. The van der Waals surface area contributed by atoms with Gasteiger partial charge in [-0.25, -0.2) is 0 Å². The van der Waals surface area contributed by atoms with Gasteiger partial charge in [-0.2, -0.15) is 0 Å². The molecule has 0 spiro atoms. The number of carbonyl (C=O) groups is 1. The SMILES string of the molecule is O=C(c1ccc(I)cc1)N1CCCC1c1cccc(Br)c1. The van der Waals surface area contributed by atoms with Crippen LogP contribution in [0.2, 0.25) is 0 Å². The van der Waals surface area contributed by atoms with Gasteiger partial charge in [0.1, 0.15) is 0 Å². The maximum atomic E-state index is 12.7. The van der Waals surface area contributed by atoms with Crippen LogP contribution in [0.1, 0.15) is 34.8 Å². The van der Waals surface area contributed by atoms with Crippen molar-refractivity contribution in [2.75, 3.05) is 6.54 Å². The molecule has 0 saturated carbocycles. The van der Waals surface area contributed by atoms with Crippen LogP contribution in [0.25, 0.3) is 0 Å². The lowest BCUT2D eigenvalue weighted by Crippen LogP contribution is -2.30. The van der Waals surface area contributed by atoms with E-state index in [1.807, 2.05) is 41.3 Å². The van der Waals surface area contributed by atoms with Gasteiger partial charge in [-0.3, -0.25) is 4.79 Å². The molecule has 0 radical (unpaired) electrons. The predicted octanol–water partition coefficient (Wildman–Crippen LogP) is 5.03. The summed E-state index contributed by atoms with van der Waals surface area (Å²) in [5.74, 6) is 0.133. The lowest BCUT2D eigenvalue weighted by molar-refractivity contribution is 0.0735. The Labute approximate surface area is 146 Å². The van der Waals surface area contributed by atoms with E-state index in [1.54, 1.807) is 0 Å². The van der Waals surface area contributed by atoms with Gasteiger partial charge in [0.25, 0.3) is 5.91 Å². The van der Waals surface area contributed by atoms with Crippen molar-refractivity contribution in [3.05, 3.63) is 67.7 Å². The normalized spacial score (nSPS) is 18.0. The molecule has 0 bridgehead atoms. The van der Waals surface area contributed by atoms with Gasteiger partial charge in [0.2, 0.25) is 0 Å². The lowest BCUT2D eigenvalue weighted by Gasteiger charge is -2.25. The molecule has 4 heteroatoms. The summed E-state index contributed by atoms with van der Waals surface area (Å²) in [6, 6.07) is 16.3. The van der Waals surface area contributed by atoms with Gasteiger partial charge in [0.15, 0.2) is 0 Å². The molecular formula is C17H15BrINO. The summed E-state index contributed by atoms with van der Waals surface area (Å²) in [7, 11) is 0. The fraction of sp³-hybridized carbons (Fsp3) is 0.235. The Bertz CT molecular complexity index is 656. The van der Waals surface area contributed by atoms with Gasteiger partial charge in [0, 0.05) is 20.2 Å². The minimum atomic E-state index is 0.133. The molecule has 3 rings (SSSR count). The maximum Gasteiger partial charge on any atom is 0.254 e. The van der Waals surface area contributed by atoms with E-state index < -0.39 is 0 Å². The highest BCUT2D eigenvalue weighted by atomic mass is 127. The molecular weight excluding hydrogens is 441 g/mol. The van der Waals surface area contributed by atoms with Gasteiger partial charge in [-0.1, -0.05) is 28.1 Å². The molecule has 1 amide bonds. The van der Waals surface area contributed by atoms with Crippen LogP contribution in [-0.2, 0) is 0 Å². The average Bonchev–Trinajstić information content (AvgIpc) is 2.97. The molecule has 0 aromatic heterocycles. The minimum Gasteiger partial charge on any atom is -0.332 e. The smallest absolute Gasteiger partial charge is 0.254 e. The van der Waals surface area contributed by atoms with E-state index in [1.165, 1.54) is 5.56 Å². The third-order valence-electron chi connectivity index (χ3n) is 3.84. The highest BCUT2D eigenvalue weighted by Gasteiger charge is 2.30. The Morgan fingerprint density at radius 3 is 2.67 bits per heavy atom. The Morgan fingerprint density at radius 1 is 1.19 bits per heavy atom. The molecule has 108 valence electrons. The zero-order chi connectivity index (χ0) is 14.8. The van der Waals surface area contributed by atoms with Crippen LogP contribution in [0.3, 0.4) is 0 Å². The summed E-state index contributed by atoms with van der Waals surface area (Å²) >= 11 is 5.77. The van der Waals surface area contributed by atoms with Gasteiger partial charge >= 0.3 is 0 Å². The van der Waals surface area contributed by atoms with Gasteiger partial charge < -0.3 is 4.90 Å². The molecule has 1 aliphatic rings. The summed E-state index contributed by atoms with van der Waals surface area (Å²) in [5.41, 5.74) is 1.98. The molecule has 1 heterocycles. The van der Waals surface area contributed by atoms with Crippen LogP contribution in [-0.4, -0.2) is 17.4 Å². The Balaban J connectivity index is 1.87. The van der Waals surface area contributed by atoms with Crippen molar-refractivity contribution >= 4 is 44.4 Å². The topological polar surface area (TPSA) is 20.3 Å². The number of carbonyl (C=O) groups excluding carboxylic acids is 1. The molecule has 1 aliphatic heterocycles. The van der Waals surface area contributed by atoms with Crippen molar-refractivity contribution in [3.63, 3.8) is 0 Å². The standard InChI is InChI=1S/C17H15BrINO/c18-14-4-1-3-13(11-14)16-5-2-10-20(16)17(21)12-6-8-15(19)9-7-12/h1,3-4,6-9,11,16H,2,5,10H2. The Hall–Kier alpha value is -0.880. The summed E-state index contributed by atoms with van der Waals surface area (Å²) in [6.45, 7) is 0.835. The first-order chi connectivity index (χ1) is 10.1. The van der Waals surface area contributed by atoms with E-state index in [9.17, 15) is 4.79 Å². The van der Waals surface area contributed by atoms with Crippen LogP contribution >= 0.6 is 38.5 Å². The van der Waals surface area contributed by atoms with Gasteiger partial charge in [0.05, 0.1) is 6.04 Å². The second-order valence-electron chi connectivity index (χ2n) is 5.22. The maximum absolute atomic E-state index is 12.7. The van der Waals surface area contributed by atoms with Crippen LogP contribution in [0.15, 0.2) is 53.0 Å². The van der Waals surface area contributed by atoms with E-state index in [0.29, 0.717) is 0 Å². The van der Waals surface area contributed by atoms with Crippen molar-refractivity contribution in [1.29, 1.82) is 0 Å². The molecule has 21 heavy (non-hydrogen) atoms. The van der Waals surface area contributed by atoms with Crippen LogP contribution in [0, 0.1) is 3.57 Å². The largest absolute Gasteiger partial charge is 0.332 e. The second kappa shape index (κ2) is 6.48. The van der Waals surface area contributed by atoms with E-state index in [0.717, 1.165) is 33.0 Å². The quantitative estimate of drug-likeness (QED) is 0.581. The number of hydrogen-bond donors (Lipinski definition) is 0. The summed E-state index contributed by atoms with van der Waals surface area (Å²) in [4.78, 5) is 14.7. The first kappa shape index (κ1) is 15.0. The van der Waals surface area contributed by atoms with Crippen molar-refractivity contribution in [1.82, 2.24) is 4.90 Å². The Kier molecular flexibility index (Phi) is 4.64. The molecule has 0 aliphatic carbocycles. The molecule has 1 fully saturated rings. The number of rotatable bonds is 2. The minimum absolute atomic E-state index is 0.133. The number of halogens is 2. The lowest BCUT2D eigenvalue weighted by atomic mass is 10.0. The number of amides is 1. The van der Waals surface area contributed by atoms with Crippen molar-refractivity contribution in [2.45, 2.75) is 18.9 Å². The van der Waals surface area contributed by atoms with E-state index in [2.05, 4.69) is 50.7 Å². The zero-order valence-corrected chi connectivity index (χ0v) is 15.2. The average molecular weight is 456 g/mol. The third kappa shape index (κ3) is 3.31. The number of benzene rings is 2. The molecule has 2 nitrogen and oxygen atoms in total. The number of nitrogens with zero attached hydrogens (tertiary/aromatic N) is 1.